The lowest BCUT2D eigenvalue weighted by molar-refractivity contribution is 0.0888. The lowest BCUT2D eigenvalue weighted by Crippen LogP contribution is -2.46. The second-order valence-electron chi connectivity index (χ2n) is 8.30. The highest BCUT2D eigenvalue weighted by atomic mass is 32.1. The fourth-order valence-corrected chi connectivity index (χ4v) is 5.60. The third kappa shape index (κ3) is 3.83. The molecule has 0 spiro atoms. The maximum absolute atomic E-state index is 12.5. The average molecular weight is 417 g/mol. The summed E-state index contributed by atoms with van der Waals surface area (Å²) in [4.78, 5) is 20.0. The van der Waals surface area contributed by atoms with E-state index in [4.69, 9.17) is 10.2 Å². The standard InChI is InChI=1S/C24H24N4OS/c25-15-16-4-6-17(7-5-16)23(29)26-19-8-9-21-22(14-19)30-24(27-21)18-12-20(13-18)28-10-2-1-3-11-28/h4-9,14,18,20H,1-3,10-13H2,(H,26,29)/t18-,20+. The Morgan fingerprint density at radius 3 is 2.60 bits per heavy atom. The molecule has 0 atom stereocenters. The van der Waals surface area contributed by atoms with Crippen LogP contribution < -0.4 is 5.32 Å². The first-order valence-electron chi connectivity index (χ1n) is 10.7. The van der Waals surface area contributed by atoms with Crippen molar-refractivity contribution in [2.45, 2.75) is 44.1 Å². The molecule has 0 radical (unpaired) electrons. The first-order chi connectivity index (χ1) is 14.7. The van der Waals surface area contributed by atoms with Gasteiger partial charge >= 0.3 is 0 Å². The zero-order chi connectivity index (χ0) is 20.5. The van der Waals surface area contributed by atoms with Gasteiger partial charge in [-0.15, -0.1) is 11.3 Å². The molecule has 1 aliphatic heterocycles. The Balaban J connectivity index is 1.25. The Kier molecular flexibility index (Phi) is 5.24. The van der Waals surface area contributed by atoms with Crippen molar-refractivity contribution in [2.75, 3.05) is 18.4 Å². The van der Waals surface area contributed by atoms with E-state index in [1.165, 1.54) is 50.2 Å². The van der Waals surface area contributed by atoms with E-state index in [-0.39, 0.29) is 5.91 Å². The van der Waals surface area contributed by atoms with Crippen LogP contribution in [0.4, 0.5) is 5.69 Å². The summed E-state index contributed by atoms with van der Waals surface area (Å²) in [6.07, 6.45) is 6.53. The van der Waals surface area contributed by atoms with Gasteiger partial charge in [-0.05, 0) is 81.2 Å². The molecular weight excluding hydrogens is 392 g/mol. The number of aromatic nitrogens is 1. The van der Waals surface area contributed by atoms with Crippen molar-refractivity contribution in [3.05, 3.63) is 58.6 Å². The molecule has 5 nitrogen and oxygen atoms in total. The minimum atomic E-state index is -0.174. The van der Waals surface area contributed by atoms with Crippen LogP contribution in [0.2, 0.25) is 0 Å². The minimum Gasteiger partial charge on any atom is -0.322 e. The second-order valence-corrected chi connectivity index (χ2v) is 9.36. The first-order valence-corrected chi connectivity index (χ1v) is 11.5. The molecule has 1 aromatic heterocycles. The largest absolute Gasteiger partial charge is 0.322 e. The molecule has 30 heavy (non-hydrogen) atoms. The molecular formula is C24H24N4OS. The fourth-order valence-electron chi connectivity index (χ4n) is 4.47. The van der Waals surface area contributed by atoms with Crippen molar-refractivity contribution in [2.24, 2.45) is 0 Å². The van der Waals surface area contributed by atoms with E-state index < -0.39 is 0 Å². The summed E-state index contributed by atoms with van der Waals surface area (Å²) in [5.41, 5.74) is 2.86. The monoisotopic (exact) mass is 416 g/mol. The average Bonchev–Trinajstić information content (AvgIpc) is 3.16. The SMILES string of the molecule is N#Cc1ccc(C(=O)Nc2ccc3nc([C@H]4C[C@@H](N5CCCCC5)C4)sc3c2)cc1. The lowest BCUT2D eigenvalue weighted by Gasteiger charge is -2.43. The smallest absolute Gasteiger partial charge is 0.255 e. The summed E-state index contributed by atoms with van der Waals surface area (Å²) in [7, 11) is 0. The Labute approximate surface area is 180 Å². The predicted octanol–water partition coefficient (Wildman–Crippen LogP) is 5.15. The number of anilines is 1. The van der Waals surface area contributed by atoms with Gasteiger partial charge in [0, 0.05) is 23.2 Å². The molecule has 5 rings (SSSR count). The summed E-state index contributed by atoms with van der Waals surface area (Å²) >= 11 is 1.75. The molecule has 1 amide bonds. The highest BCUT2D eigenvalue weighted by Gasteiger charge is 2.36. The number of likely N-dealkylation sites (tertiary alicyclic amines) is 1. The number of nitrogens with one attached hydrogen (secondary N) is 1. The molecule has 6 heteroatoms. The third-order valence-electron chi connectivity index (χ3n) is 6.31. The summed E-state index contributed by atoms with van der Waals surface area (Å²) in [6, 6.07) is 15.4. The molecule has 2 heterocycles. The van der Waals surface area contributed by atoms with Crippen molar-refractivity contribution in [1.82, 2.24) is 9.88 Å². The number of amides is 1. The highest BCUT2D eigenvalue weighted by Crippen LogP contribution is 2.43. The summed E-state index contributed by atoms with van der Waals surface area (Å²) < 4.78 is 1.11. The molecule has 1 aliphatic carbocycles. The van der Waals surface area contributed by atoms with E-state index in [1.807, 2.05) is 18.2 Å². The van der Waals surface area contributed by atoms with E-state index in [1.54, 1.807) is 35.6 Å². The van der Waals surface area contributed by atoms with Crippen LogP contribution in [-0.2, 0) is 0 Å². The molecule has 2 aliphatic rings. The van der Waals surface area contributed by atoms with E-state index in [0.717, 1.165) is 21.9 Å². The maximum atomic E-state index is 12.5. The van der Waals surface area contributed by atoms with E-state index >= 15 is 0 Å². The van der Waals surface area contributed by atoms with Gasteiger partial charge in [0.25, 0.3) is 5.91 Å². The molecule has 0 bridgehead atoms. The van der Waals surface area contributed by atoms with E-state index in [2.05, 4.69) is 16.3 Å². The number of hydrogen-bond acceptors (Lipinski definition) is 5. The second kappa shape index (κ2) is 8.17. The van der Waals surface area contributed by atoms with Crippen LogP contribution in [0.3, 0.4) is 0 Å². The van der Waals surface area contributed by atoms with E-state index in [9.17, 15) is 4.79 Å². The predicted molar refractivity (Wildman–Crippen MR) is 120 cm³/mol. The lowest BCUT2D eigenvalue weighted by atomic mass is 9.79. The van der Waals surface area contributed by atoms with Crippen LogP contribution in [-0.4, -0.2) is 34.9 Å². The van der Waals surface area contributed by atoms with Crippen molar-refractivity contribution >= 4 is 33.1 Å². The van der Waals surface area contributed by atoms with Crippen molar-refractivity contribution in [3.63, 3.8) is 0 Å². The summed E-state index contributed by atoms with van der Waals surface area (Å²) in [5.74, 6) is 0.401. The van der Waals surface area contributed by atoms with Crippen molar-refractivity contribution in [1.29, 1.82) is 5.26 Å². The quantitative estimate of drug-likeness (QED) is 0.638. The normalized spacial score (nSPS) is 21.7. The van der Waals surface area contributed by atoms with Gasteiger partial charge in [0.1, 0.15) is 0 Å². The summed E-state index contributed by atoms with van der Waals surface area (Å²) in [5, 5.41) is 13.1. The topological polar surface area (TPSA) is 69.0 Å². The molecule has 0 unspecified atom stereocenters. The van der Waals surface area contributed by atoms with Gasteiger partial charge < -0.3 is 10.2 Å². The number of benzene rings is 2. The van der Waals surface area contributed by atoms with Crippen molar-refractivity contribution < 1.29 is 4.79 Å². The zero-order valence-corrected chi connectivity index (χ0v) is 17.6. The number of thiazole rings is 1. The van der Waals surface area contributed by atoms with Gasteiger partial charge in [0.15, 0.2) is 0 Å². The molecule has 1 saturated heterocycles. The number of nitrogens with zero attached hydrogens (tertiary/aromatic N) is 3. The van der Waals surface area contributed by atoms with Gasteiger partial charge in [-0.1, -0.05) is 6.42 Å². The molecule has 2 fully saturated rings. The number of carbonyl (C=O) groups is 1. The van der Waals surface area contributed by atoms with Gasteiger partial charge in [-0.2, -0.15) is 5.26 Å². The minimum absolute atomic E-state index is 0.174. The maximum Gasteiger partial charge on any atom is 0.255 e. The number of fused-ring (bicyclic) bond motifs is 1. The Morgan fingerprint density at radius 2 is 1.87 bits per heavy atom. The number of rotatable bonds is 4. The van der Waals surface area contributed by atoms with Gasteiger partial charge in [0.05, 0.1) is 26.9 Å². The Hall–Kier alpha value is -2.75. The van der Waals surface area contributed by atoms with Crippen LogP contribution in [0.15, 0.2) is 42.5 Å². The first kappa shape index (κ1) is 19.2. The van der Waals surface area contributed by atoms with Crippen LogP contribution in [0.1, 0.15) is 59.0 Å². The number of hydrogen-bond donors (Lipinski definition) is 1. The van der Waals surface area contributed by atoms with Crippen LogP contribution in [0, 0.1) is 11.3 Å². The van der Waals surface area contributed by atoms with Crippen LogP contribution >= 0.6 is 11.3 Å². The molecule has 2 aromatic carbocycles. The number of piperidine rings is 1. The van der Waals surface area contributed by atoms with E-state index in [0.29, 0.717) is 17.0 Å². The number of nitriles is 1. The Bertz CT molecular complexity index is 1100. The van der Waals surface area contributed by atoms with Gasteiger partial charge in [-0.3, -0.25) is 4.79 Å². The zero-order valence-electron chi connectivity index (χ0n) is 16.8. The third-order valence-corrected chi connectivity index (χ3v) is 7.49. The van der Waals surface area contributed by atoms with Crippen molar-refractivity contribution in [3.8, 4) is 6.07 Å². The molecule has 152 valence electrons. The van der Waals surface area contributed by atoms with Crippen LogP contribution in [0.5, 0.6) is 0 Å². The Morgan fingerprint density at radius 1 is 1.10 bits per heavy atom. The van der Waals surface area contributed by atoms with Gasteiger partial charge in [-0.25, -0.2) is 4.98 Å². The molecule has 3 aromatic rings. The summed E-state index contributed by atoms with van der Waals surface area (Å²) in [6.45, 7) is 2.53. The fraction of sp³-hybridized carbons (Fsp3) is 0.375. The molecule has 1 saturated carbocycles. The highest BCUT2D eigenvalue weighted by molar-refractivity contribution is 7.18. The van der Waals surface area contributed by atoms with Gasteiger partial charge in [0.2, 0.25) is 0 Å². The van der Waals surface area contributed by atoms with Crippen LogP contribution in [0.25, 0.3) is 10.2 Å². The number of carbonyl (C=O) groups excluding carboxylic acids is 1. The molecule has 1 N–H and O–H groups in total.